The first-order valence-electron chi connectivity index (χ1n) is 8.61. The van der Waals surface area contributed by atoms with Crippen LogP contribution in [0.1, 0.15) is 30.4 Å². The fourth-order valence-electron chi connectivity index (χ4n) is 2.97. The van der Waals surface area contributed by atoms with E-state index in [0.29, 0.717) is 24.6 Å². The quantitative estimate of drug-likeness (QED) is 0.739. The molecule has 1 fully saturated rings. The monoisotopic (exact) mass is 358 g/mol. The third-order valence-electron chi connectivity index (χ3n) is 4.46. The average molecular weight is 358 g/mol. The van der Waals surface area contributed by atoms with E-state index in [1.165, 1.54) is 0 Å². The molecule has 1 aromatic heterocycles. The Morgan fingerprint density at radius 2 is 2.04 bits per heavy atom. The van der Waals surface area contributed by atoms with E-state index >= 15 is 0 Å². The average Bonchev–Trinajstić information content (AvgIpc) is 3.17. The van der Waals surface area contributed by atoms with Crippen molar-refractivity contribution >= 4 is 17.6 Å². The fourth-order valence-corrected chi connectivity index (χ4v) is 2.97. The molecule has 0 aliphatic carbocycles. The van der Waals surface area contributed by atoms with E-state index in [0.717, 1.165) is 17.0 Å². The molecule has 1 aliphatic rings. The molecular formula is C19H22N2O5. The van der Waals surface area contributed by atoms with Crippen LogP contribution in [0.15, 0.2) is 28.8 Å². The number of ether oxygens (including phenoxy) is 2. The van der Waals surface area contributed by atoms with E-state index in [2.05, 4.69) is 5.16 Å². The van der Waals surface area contributed by atoms with Crippen molar-refractivity contribution in [1.29, 1.82) is 0 Å². The summed E-state index contributed by atoms with van der Waals surface area (Å²) in [6, 6.07) is 7.27. The van der Waals surface area contributed by atoms with E-state index in [1.807, 2.05) is 31.2 Å². The van der Waals surface area contributed by atoms with Gasteiger partial charge in [-0.05, 0) is 45.0 Å². The van der Waals surface area contributed by atoms with Gasteiger partial charge < -0.3 is 18.9 Å². The first-order chi connectivity index (χ1) is 12.5. The van der Waals surface area contributed by atoms with E-state index in [4.69, 9.17) is 14.0 Å². The Morgan fingerprint density at radius 1 is 1.31 bits per heavy atom. The van der Waals surface area contributed by atoms with Gasteiger partial charge in [-0.1, -0.05) is 5.16 Å². The number of anilines is 1. The number of aromatic nitrogens is 1. The maximum Gasteiger partial charge on any atom is 0.311 e. The zero-order chi connectivity index (χ0) is 18.7. The molecule has 0 saturated carbocycles. The highest BCUT2D eigenvalue weighted by Gasteiger charge is 2.36. The summed E-state index contributed by atoms with van der Waals surface area (Å²) in [6.45, 7) is 6.49. The van der Waals surface area contributed by atoms with Crippen molar-refractivity contribution in [3.05, 3.63) is 41.3 Å². The van der Waals surface area contributed by atoms with Crippen LogP contribution in [0, 0.1) is 19.8 Å². The number of benzene rings is 1. The molecule has 1 amide bonds. The molecule has 1 saturated heterocycles. The predicted molar refractivity (Wildman–Crippen MR) is 93.8 cm³/mol. The van der Waals surface area contributed by atoms with Crippen LogP contribution < -0.4 is 9.64 Å². The van der Waals surface area contributed by atoms with Crippen molar-refractivity contribution in [2.75, 3.05) is 18.1 Å². The lowest BCUT2D eigenvalue weighted by Gasteiger charge is -2.17. The van der Waals surface area contributed by atoms with Gasteiger partial charge in [-0.15, -0.1) is 0 Å². The minimum Gasteiger partial charge on any atom is -0.494 e. The highest BCUT2D eigenvalue weighted by Crippen LogP contribution is 2.28. The van der Waals surface area contributed by atoms with Crippen LogP contribution in [-0.4, -0.2) is 30.2 Å². The molecule has 1 aromatic carbocycles. The van der Waals surface area contributed by atoms with Crippen LogP contribution in [0.3, 0.4) is 0 Å². The topological polar surface area (TPSA) is 81.9 Å². The molecule has 7 heteroatoms. The molecule has 3 rings (SSSR count). The molecule has 0 bridgehead atoms. The SMILES string of the molecule is CCOc1ccc(N2CC(C(=O)OCc3c(C)noc3C)CC2=O)cc1. The van der Waals surface area contributed by atoms with Crippen LogP contribution in [0.25, 0.3) is 0 Å². The normalized spacial score (nSPS) is 16.8. The first-order valence-corrected chi connectivity index (χ1v) is 8.61. The van der Waals surface area contributed by atoms with Crippen molar-refractivity contribution in [3.63, 3.8) is 0 Å². The second kappa shape index (κ2) is 7.59. The second-order valence-electron chi connectivity index (χ2n) is 6.24. The van der Waals surface area contributed by atoms with Crippen LogP contribution >= 0.6 is 0 Å². The Labute approximate surface area is 151 Å². The van der Waals surface area contributed by atoms with Gasteiger partial charge >= 0.3 is 5.97 Å². The van der Waals surface area contributed by atoms with Gasteiger partial charge in [0.2, 0.25) is 5.91 Å². The molecular weight excluding hydrogens is 336 g/mol. The Bertz CT molecular complexity index is 777. The summed E-state index contributed by atoms with van der Waals surface area (Å²) in [5.41, 5.74) is 2.22. The molecule has 2 heterocycles. The van der Waals surface area contributed by atoms with E-state index in [-0.39, 0.29) is 24.9 Å². The number of rotatable bonds is 6. The number of nitrogens with zero attached hydrogens (tertiary/aromatic N) is 2. The molecule has 1 unspecified atom stereocenters. The Morgan fingerprint density at radius 3 is 2.65 bits per heavy atom. The molecule has 138 valence electrons. The lowest BCUT2D eigenvalue weighted by atomic mass is 10.1. The summed E-state index contributed by atoms with van der Waals surface area (Å²) in [5, 5.41) is 3.84. The maximum atomic E-state index is 12.4. The summed E-state index contributed by atoms with van der Waals surface area (Å²) in [7, 11) is 0. The van der Waals surface area contributed by atoms with Gasteiger partial charge in [-0.25, -0.2) is 0 Å². The third-order valence-corrected chi connectivity index (χ3v) is 4.46. The number of hydrogen-bond donors (Lipinski definition) is 0. The predicted octanol–water partition coefficient (Wildman–Crippen LogP) is 2.79. The fraction of sp³-hybridized carbons (Fsp3) is 0.421. The van der Waals surface area contributed by atoms with E-state index in [9.17, 15) is 9.59 Å². The van der Waals surface area contributed by atoms with Gasteiger partial charge in [0.15, 0.2) is 0 Å². The van der Waals surface area contributed by atoms with Gasteiger partial charge in [-0.3, -0.25) is 9.59 Å². The summed E-state index contributed by atoms with van der Waals surface area (Å²) in [6.07, 6.45) is 0.146. The molecule has 2 aromatic rings. The lowest BCUT2D eigenvalue weighted by Crippen LogP contribution is -2.26. The van der Waals surface area contributed by atoms with Crippen molar-refractivity contribution < 1.29 is 23.6 Å². The van der Waals surface area contributed by atoms with Crippen molar-refractivity contribution in [3.8, 4) is 5.75 Å². The second-order valence-corrected chi connectivity index (χ2v) is 6.24. The maximum absolute atomic E-state index is 12.4. The van der Waals surface area contributed by atoms with Gasteiger partial charge in [-0.2, -0.15) is 0 Å². The molecule has 0 N–H and O–H groups in total. The highest BCUT2D eigenvalue weighted by atomic mass is 16.5. The van der Waals surface area contributed by atoms with E-state index < -0.39 is 5.92 Å². The first kappa shape index (κ1) is 18.0. The number of aryl methyl sites for hydroxylation is 2. The number of hydrogen-bond acceptors (Lipinski definition) is 6. The molecule has 0 spiro atoms. The lowest BCUT2D eigenvalue weighted by molar-refractivity contribution is -0.149. The minimum atomic E-state index is -0.477. The minimum absolute atomic E-state index is 0.0894. The summed E-state index contributed by atoms with van der Waals surface area (Å²) in [4.78, 5) is 26.3. The van der Waals surface area contributed by atoms with E-state index in [1.54, 1.807) is 18.7 Å². The smallest absolute Gasteiger partial charge is 0.311 e. The zero-order valence-electron chi connectivity index (χ0n) is 15.2. The zero-order valence-corrected chi connectivity index (χ0v) is 15.2. The highest BCUT2D eigenvalue weighted by molar-refractivity contribution is 5.99. The number of esters is 1. The summed E-state index contributed by atoms with van der Waals surface area (Å²) >= 11 is 0. The molecule has 0 radical (unpaired) electrons. The van der Waals surface area contributed by atoms with Gasteiger partial charge in [0.25, 0.3) is 0 Å². The number of carbonyl (C=O) groups is 2. The van der Waals surface area contributed by atoms with Crippen molar-refractivity contribution in [2.24, 2.45) is 5.92 Å². The standard InChI is InChI=1S/C19H22N2O5/c1-4-24-16-7-5-15(6-8-16)21-10-14(9-18(21)22)19(23)25-11-17-12(2)20-26-13(17)3/h5-8,14H,4,9-11H2,1-3H3. The van der Waals surface area contributed by atoms with Gasteiger partial charge in [0, 0.05) is 18.7 Å². The molecule has 1 atom stereocenters. The van der Waals surface area contributed by atoms with Gasteiger partial charge in [0.1, 0.15) is 18.1 Å². The van der Waals surface area contributed by atoms with Crippen molar-refractivity contribution in [1.82, 2.24) is 5.16 Å². The Hall–Kier alpha value is -2.83. The van der Waals surface area contributed by atoms with Crippen molar-refractivity contribution in [2.45, 2.75) is 33.8 Å². The Kier molecular flexibility index (Phi) is 5.25. The molecule has 7 nitrogen and oxygen atoms in total. The molecule has 1 aliphatic heterocycles. The van der Waals surface area contributed by atoms with Crippen LogP contribution in [0.5, 0.6) is 5.75 Å². The summed E-state index contributed by atoms with van der Waals surface area (Å²) < 4.78 is 15.8. The largest absolute Gasteiger partial charge is 0.494 e. The van der Waals surface area contributed by atoms with Crippen LogP contribution in [0.2, 0.25) is 0 Å². The van der Waals surface area contributed by atoms with Crippen LogP contribution in [0.4, 0.5) is 5.69 Å². The number of carbonyl (C=O) groups excluding carboxylic acids is 2. The third kappa shape index (κ3) is 3.71. The van der Waals surface area contributed by atoms with Gasteiger partial charge in [0.05, 0.1) is 23.8 Å². The Balaban J connectivity index is 1.60. The van der Waals surface area contributed by atoms with Crippen LogP contribution in [-0.2, 0) is 20.9 Å². The summed E-state index contributed by atoms with van der Waals surface area (Å²) in [5.74, 6) is 0.432. The number of amides is 1. The molecule has 26 heavy (non-hydrogen) atoms.